The van der Waals surface area contributed by atoms with Gasteiger partial charge in [-0.05, 0) is 42.3 Å². The lowest BCUT2D eigenvalue weighted by Gasteiger charge is -2.19. The standard InChI is InChI=1S/C22H19F4NO2/c1-2-3-15-4-10-20(27-13-15)16-5-7-17(8-6-16)22(25,26)29-18-9-11-21(28-14-23)19(24)12-18/h4-13H,2-3,14H2,1H3. The van der Waals surface area contributed by atoms with Crippen LogP contribution in [0.25, 0.3) is 11.3 Å². The molecule has 152 valence electrons. The molecular weight excluding hydrogens is 386 g/mol. The van der Waals surface area contributed by atoms with Gasteiger partial charge in [-0.15, -0.1) is 0 Å². The monoisotopic (exact) mass is 405 g/mol. The molecule has 2 aromatic carbocycles. The molecule has 0 aliphatic heterocycles. The van der Waals surface area contributed by atoms with Gasteiger partial charge in [0.25, 0.3) is 0 Å². The first-order valence-corrected chi connectivity index (χ1v) is 9.04. The first kappa shape index (κ1) is 20.6. The second-order valence-corrected chi connectivity index (χ2v) is 6.34. The topological polar surface area (TPSA) is 31.4 Å². The highest BCUT2D eigenvalue weighted by Gasteiger charge is 2.34. The molecule has 0 spiro atoms. The van der Waals surface area contributed by atoms with Gasteiger partial charge in [-0.25, -0.2) is 8.78 Å². The fraction of sp³-hybridized carbons (Fsp3) is 0.227. The number of alkyl halides is 3. The molecule has 0 aliphatic rings. The summed E-state index contributed by atoms with van der Waals surface area (Å²) in [5.74, 6) is -1.79. The van der Waals surface area contributed by atoms with E-state index >= 15 is 0 Å². The van der Waals surface area contributed by atoms with E-state index in [0.29, 0.717) is 11.3 Å². The van der Waals surface area contributed by atoms with Crippen molar-refractivity contribution in [3.63, 3.8) is 0 Å². The van der Waals surface area contributed by atoms with Crippen LogP contribution in [0.1, 0.15) is 24.5 Å². The molecule has 0 saturated heterocycles. The number of rotatable bonds is 8. The molecule has 29 heavy (non-hydrogen) atoms. The zero-order valence-corrected chi connectivity index (χ0v) is 15.7. The van der Waals surface area contributed by atoms with E-state index in [-0.39, 0.29) is 5.75 Å². The molecule has 0 saturated carbocycles. The molecule has 1 aromatic heterocycles. The SMILES string of the molecule is CCCc1ccc(-c2ccc(C(F)(F)Oc3ccc(OCF)c(F)c3)cc2)nc1. The number of hydrogen-bond donors (Lipinski definition) is 0. The third kappa shape index (κ3) is 5.04. The van der Waals surface area contributed by atoms with Crippen LogP contribution in [0.3, 0.4) is 0 Å². The Morgan fingerprint density at radius 2 is 1.76 bits per heavy atom. The van der Waals surface area contributed by atoms with Crippen LogP contribution in [0.15, 0.2) is 60.8 Å². The molecule has 0 fully saturated rings. The summed E-state index contributed by atoms with van der Waals surface area (Å²) in [6, 6.07) is 12.1. The number of hydrogen-bond acceptors (Lipinski definition) is 3. The molecule has 0 atom stereocenters. The van der Waals surface area contributed by atoms with Crippen molar-refractivity contribution in [3.05, 3.63) is 77.7 Å². The van der Waals surface area contributed by atoms with E-state index in [1.54, 1.807) is 6.20 Å². The number of aromatic nitrogens is 1. The predicted molar refractivity (Wildman–Crippen MR) is 101 cm³/mol. The average molecular weight is 405 g/mol. The Balaban J connectivity index is 1.74. The molecule has 3 rings (SSSR count). The normalized spacial score (nSPS) is 11.3. The average Bonchev–Trinajstić information content (AvgIpc) is 2.71. The number of halogens is 4. The van der Waals surface area contributed by atoms with Gasteiger partial charge < -0.3 is 9.47 Å². The molecule has 0 aliphatic carbocycles. The van der Waals surface area contributed by atoms with Crippen molar-refractivity contribution in [3.8, 4) is 22.8 Å². The van der Waals surface area contributed by atoms with Gasteiger partial charge in [-0.2, -0.15) is 8.78 Å². The largest absolute Gasteiger partial charge is 0.460 e. The Labute approximate surface area is 165 Å². The summed E-state index contributed by atoms with van der Waals surface area (Å²) in [5.41, 5.74) is 2.08. The zero-order valence-electron chi connectivity index (χ0n) is 15.7. The van der Waals surface area contributed by atoms with Crippen molar-refractivity contribution in [1.82, 2.24) is 4.98 Å². The Hall–Kier alpha value is -3.09. The van der Waals surface area contributed by atoms with Gasteiger partial charge in [0.05, 0.1) is 11.3 Å². The van der Waals surface area contributed by atoms with Crippen LogP contribution in [0.4, 0.5) is 17.6 Å². The summed E-state index contributed by atoms with van der Waals surface area (Å²) in [7, 11) is 0. The molecule has 3 aromatic rings. The lowest BCUT2D eigenvalue weighted by Crippen LogP contribution is -2.21. The zero-order chi connectivity index (χ0) is 20.9. The van der Waals surface area contributed by atoms with Crippen LogP contribution in [0, 0.1) is 5.82 Å². The minimum absolute atomic E-state index is 0.384. The van der Waals surface area contributed by atoms with Crippen molar-refractivity contribution < 1.29 is 27.0 Å². The molecule has 0 N–H and O–H groups in total. The first-order chi connectivity index (χ1) is 13.9. The number of ether oxygens (including phenoxy) is 2. The van der Waals surface area contributed by atoms with Gasteiger partial charge in [0.2, 0.25) is 6.86 Å². The summed E-state index contributed by atoms with van der Waals surface area (Å²) in [5, 5.41) is 0. The second-order valence-electron chi connectivity index (χ2n) is 6.34. The van der Waals surface area contributed by atoms with Crippen molar-refractivity contribution in [1.29, 1.82) is 0 Å². The van der Waals surface area contributed by atoms with Crippen LogP contribution in [0.5, 0.6) is 11.5 Å². The quantitative estimate of drug-likeness (QED) is 0.414. The summed E-state index contributed by atoms with van der Waals surface area (Å²) in [6.45, 7) is 0.852. The first-order valence-electron chi connectivity index (χ1n) is 9.04. The molecule has 7 heteroatoms. The smallest absolute Gasteiger partial charge is 0.426 e. The van der Waals surface area contributed by atoms with Crippen molar-refractivity contribution in [2.45, 2.75) is 25.9 Å². The number of aryl methyl sites for hydroxylation is 1. The highest BCUT2D eigenvalue weighted by molar-refractivity contribution is 5.59. The fourth-order valence-corrected chi connectivity index (χ4v) is 2.79. The Kier molecular flexibility index (Phi) is 6.36. The maximum Gasteiger partial charge on any atom is 0.426 e. The third-order valence-corrected chi connectivity index (χ3v) is 4.24. The van der Waals surface area contributed by atoms with E-state index in [0.717, 1.165) is 36.6 Å². The van der Waals surface area contributed by atoms with Gasteiger partial charge in [-0.3, -0.25) is 4.98 Å². The van der Waals surface area contributed by atoms with Crippen LogP contribution >= 0.6 is 0 Å². The van der Waals surface area contributed by atoms with E-state index in [9.17, 15) is 17.6 Å². The van der Waals surface area contributed by atoms with Gasteiger partial charge in [0.15, 0.2) is 11.6 Å². The Morgan fingerprint density at radius 1 is 1.00 bits per heavy atom. The number of benzene rings is 2. The van der Waals surface area contributed by atoms with Gasteiger partial charge in [0.1, 0.15) is 5.75 Å². The summed E-state index contributed by atoms with van der Waals surface area (Å²) < 4.78 is 63.8. The lowest BCUT2D eigenvalue weighted by molar-refractivity contribution is -0.185. The maximum atomic E-state index is 14.4. The van der Waals surface area contributed by atoms with E-state index in [2.05, 4.69) is 21.4 Å². The molecule has 0 amide bonds. The Bertz CT molecular complexity index is 944. The van der Waals surface area contributed by atoms with Crippen LogP contribution in [-0.4, -0.2) is 11.8 Å². The Morgan fingerprint density at radius 3 is 2.34 bits per heavy atom. The van der Waals surface area contributed by atoms with Crippen LogP contribution < -0.4 is 9.47 Å². The van der Waals surface area contributed by atoms with E-state index in [4.69, 9.17) is 0 Å². The summed E-state index contributed by atoms with van der Waals surface area (Å²) in [4.78, 5) is 4.36. The highest BCUT2D eigenvalue weighted by Crippen LogP contribution is 2.34. The van der Waals surface area contributed by atoms with Gasteiger partial charge in [-0.1, -0.05) is 31.5 Å². The third-order valence-electron chi connectivity index (χ3n) is 4.24. The second kappa shape index (κ2) is 8.94. The number of nitrogens with zero attached hydrogens (tertiary/aromatic N) is 1. The van der Waals surface area contributed by atoms with Crippen LogP contribution in [0.2, 0.25) is 0 Å². The summed E-state index contributed by atoms with van der Waals surface area (Å²) in [6.07, 6.45) is 0.0265. The maximum absolute atomic E-state index is 14.4. The fourth-order valence-electron chi connectivity index (χ4n) is 2.79. The van der Waals surface area contributed by atoms with Crippen molar-refractivity contribution in [2.24, 2.45) is 0 Å². The lowest BCUT2D eigenvalue weighted by atomic mass is 10.1. The minimum atomic E-state index is -3.69. The molecular formula is C22H19F4NO2. The minimum Gasteiger partial charge on any atom is -0.460 e. The van der Waals surface area contributed by atoms with Crippen LogP contribution in [-0.2, 0) is 12.5 Å². The van der Waals surface area contributed by atoms with Crippen molar-refractivity contribution >= 4 is 0 Å². The van der Waals surface area contributed by atoms with Gasteiger partial charge in [0, 0.05) is 17.8 Å². The molecule has 1 heterocycles. The van der Waals surface area contributed by atoms with Crippen molar-refractivity contribution in [2.75, 3.05) is 6.86 Å². The predicted octanol–water partition coefficient (Wildman–Crippen LogP) is 6.27. The highest BCUT2D eigenvalue weighted by atomic mass is 19.3. The van der Waals surface area contributed by atoms with E-state index in [1.807, 2.05) is 12.1 Å². The molecule has 0 bridgehead atoms. The molecule has 3 nitrogen and oxygen atoms in total. The van der Waals surface area contributed by atoms with E-state index in [1.165, 1.54) is 24.3 Å². The van der Waals surface area contributed by atoms with E-state index < -0.39 is 30.1 Å². The van der Waals surface area contributed by atoms with Gasteiger partial charge >= 0.3 is 6.11 Å². The number of pyridine rings is 1. The molecule has 0 unspecified atom stereocenters. The molecule has 0 radical (unpaired) electrons. The summed E-state index contributed by atoms with van der Waals surface area (Å²) >= 11 is 0.